The Balaban J connectivity index is 1.74. The Labute approximate surface area is 132 Å². The average Bonchev–Trinajstić information content (AvgIpc) is 3.12. The fraction of sp³-hybridized carbons (Fsp3) is 0.400. The minimum absolute atomic E-state index is 0.108. The zero-order valence-corrected chi connectivity index (χ0v) is 13.7. The maximum Gasteiger partial charge on any atom is 0.255 e. The zero-order valence-electron chi connectivity index (χ0n) is 12.9. The Morgan fingerprint density at radius 2 is 2.27 bits per heavy atom. The first-order valence-electron chi connectivity index (χ1n) is 7.35. The highest BCUT2D eigenvalue weighted by atomic mass is 32.1. The highest BCUT2D eigenvalue weighted by Gasteiger charge is 2.18. The van der Waals surface area contributed by atoms with Crippen molar-refractivity contribution in [1.82, 2.24) is 24.5 Å². The van der Waals surface area contributed by atoms with Gasteiger partial charge in [0.2, 0.25) is 0 Å². The SMILES string of the molecule is CCCn1cc(C(=O)NC(C)c2cn3ccsc3n2)c(C)n1. The van der Waals surface area contributed by atoms with Crippen LogP contribution < -0.4 is 5.32 Å². The van der Waals surface area contributed by atoms with Gasteiger partial charge >= 0.3 is 0 Å². The molecule has 0 aliphatic rings. The molecule has 6 nitrogen and oxygen atoms in total. The molecule has 1 unspecified atom stereocenters. The Morgan fingerprint density at radius 1 is 1.45 bits per heavy atom. The highest BCUT2D eigenvalue weighted by molar-refractivity contribution is 7.15. The summed E-state index contributed by atoms with van der Waals surface area (Å²) in [5.41, 5.74) is 2.24. The molecule has 0 saturated heterocycles. The smallest absolute Gasteiger partial charge is 0.255 e. The maximum absolute atomic E-state index is 12.4. The van der Waals surface area contributed by atoms with Crippen molar-refractivity contribution in [1.29, 1.82) is 0 Å². The van der Waals surface area contributed by atoms with Gasteiger partial charge in [0, 0.05) is 30.5 Å². The van der Waals surface area contributed by atoms with Crippen molar-refractivity contribution < 1.29 is 4.79 Å². The van der Waals surface area contributed by atoms with Gasteiger partial charge < -0.3 is 5.32 Å². The second-order valence-electron chi connectivity index (χ2n) is 5.35. The Hall–Kier alpha value is -2.15. The van der Waals surface area contributed by atoms with Crippen LogP contribution in [0.25, 0.3) is 4.96 Å². The van der Waals surface area contributed by atoms with E-state index in [0.717, 1.165) is 29.3 Å². The molecule has 1 atom stereocenters. The van der Waals surface area contributed by atoms with E-state index in [1.54, 1.807) is 11.3 Å². The summed E-state index contributed by atoms with van der Waals surface area (Å²) in [4.78, 5) is 17.9. The van der Waals surface area contributed by atoms with E-state index >= 15 is 0 Å². The fourth-order valence-electron chi connectivity index (χ4n) is 2.39. The van der Waals surface area contributed by atoms with Crippen LogP contribution in [-0.2, 0) is 6.54 Å². The van der Waals surface area contributed by atoms with Gasteiger partial charge in [-0.25, -0.2) is 4.98 Å². The van der Waals surface area contributed by atoms with Crippen molar-refractivity contribution in [2.75, 3.05) is 0 Å². The number of fused-ring (bicyclic) bond motifs is 1. The molecule has 0 spiro atoms. The number of hydrogen-bond donors (Lipinski definition) is 1. The summed E-state index contributed by atoms with van der Waals surface area (Å²) in [5.74, 6) is -0.108. The molecule has 0 saturated carbocycles. The number of nitrogens with one attached hydrogen (secondary N) is 1. The first kappa shape index (κ1) is 14.8. The summed E-state index contributed by atoms with van der Waals surface area (Å²) in [6.45, 7) is 6.71. The lowest BCUT2D eigenvalue weighted by Crippen LogP contribution is -2.27. The number of aromatic nitrogens is 4. The van der Waals surface area contributed by atoms with E-state index in [-0.39, 0.29) is 11.9 Å². The van der Waals surface area contributed by atoms with Gasteiger partial charge in [0.1, 0.15) is 0 Å². The first-order chi connectivity index (χ1) is 10.6. The van der Waals surface area contributed by atoms with Crippen molar-refractivity contribution in [3.63, 3.8) is 0 Å². The number of hydrogen-bond acceptors (Lipinski definition) is 4. The normalized spacial score (nSPS) is 12.7. The Morgan fingerprint density at radius 3 is 3.00 bits per heavy atom. The van der Waals surface area contributed by atoms with Gasteiger partial charge in [-0.05, 0) is 20.3 Å². The van der Waals surface area contributed by atoms with E-state index in [0.29, 0.717) is 5.56 Å². The Kier molecular flexibility index (Phi) is 3.98. The molecule has 1 N–H and O–H groups in total. The predicted octanol–water partition coefficient (Wildman–Crippen LogP) is 2.80. The molecule has 0 aromatic carbocycles. The van der Waals surface area contributed by atoms with Gasteiger partial charge in [-0.15, -0.1) is 11.3 Å². The standard InChI is InChI=1S/C15H19N5OS/c1-4-5-20-8-12(10(2)18-20)14(21)16-11(3)13-9-19-6-7-22-15(19)17-13/h6-9,11H,4-5H2,1-3H3,(H,16,21). The lowest BCUT2D eigenvalue weighted by Gasteiger charge is -2.10. The van der Waals surface area contributed by atoms with Crippen molar-refractivity contribution in [2.24, 2.45) is 0 Å². The van der Waals surface area contributed by atoms with Crippen LogP contribution in [-0.4, -0.2) is 25.1 Å². The van der Waals surface area contributed by atoms with Crippen LogP contribution in [0.2, 0.25) is 0 Å². The molecule has 0 aliphatic heterocycles. The van der Waals surface area contributed by atoms with Crippen LogP contribution in [0, 0.1) is 6.92 Å². The molecule has 22 heavy (non-hydrogen) atoms. The minimum Gasteiger partial charge on any atom is -0.344 e. The van der Waals surface area contributed by atoms with Gasteiger partial charge in [-0.1, -0.05) is 6.92 Å². The number of imidazole rings is 1. The zero-order chi connectivity index (χ0) is 15.7. The van der Waals surface area contributed by atoms with Gasteiger partial charge in [0.05, 0.1) is 23.0 Å². The van der Waals surface area contributed by atoms with Crippen molar-refractivity contribution >= 4 is 22.2 Å². The van der Waals surface area contributed by atoms with E-state index < -0.39 is 0 Å². The van der Waals surface area contributed by atoms with Crippen LogP contribution >= 0.6 is 11.3 Å². The van der Waals surface area contributed by atoms with E-state index in [1.165, 1.54) is 0 Å². The van der Waals surface area contributed by atoms with Crippen LogP contribution in [0.4, 0.5) is 0 Å². The largest absolute Gasteiger partial charge is 0.344 e. The molecule has 0 fully saturated rings. The summed E-state index contributed by atoms with van der Waals surface area (Å²) in [5, 5.41) is 9.35. The van der Waals surface area contributed by atoms with Gasteiger partial charge in [-0.3, -0.25) is 13.9 Å². The first-order valence-corrected chi connectivity index (χ1v) is 8.23. The van der Waals surface area contributed by atoms with E-state index in [4.69, 9.17) is 0 Å². The predicted molar refractivity (Wildman–Crippen MR) is 86.2 cm³/mol. The number of carbonyl (C=O) groups is 1. The number of amides is 1. The highest BCUT2D eigenvalue weighted by Crippen LogP contribution is 2.17. The summed E-state index contributed by atoms with van der Waals surface area (Å²) < 4.78 is 3.79. The minimum atomic E-state index is -0.145. The van der Waals surface area contributed by atoms with E-state index in [2.05, 4.69) is 22.3 Å². The second-order valence-corrected chi connectivity index (χ2v) is 6.22. The summed E-state index contributed by atoms with van der Waals surface area (Å²) in [7, 11) is 0. The molecular weight excluding hydrogens is 298 g/mol. The van der Waals surface area contributed by atoms with E-state index in [9.17, 15) is 4.79 Å². The third kappa shape index (κ3) is 2.76. The number of thiazole rings is 1. The van der Waals surface area contributed by atoms with Crippen LogP contribution in [0.3, 0.4) is 0 Å². The lowest BCUT2D eigenvalue weighted by molar-refractivity contribution is 0.0938. The average molecular weight is 317 g/mol. The van der Waals surface area contributed by atoms with Gasteiger partial charge in [0.25, 0.3) is 5.91 Å². The molecule has 0 bridgehead atoms. The molecule has 3 heterocycles. The topological polar surface area (TPSA) is 64.2 Å². The van der Waals surface area contributed by atoms with Gasteiger partial charge in [0.15, 0.2) is 4.96 Å². The monoisotopic (exact) mass is 317 g/mol. The lowest BCUT2D eigenvalue weighted by atomic mass is 10.2. The maximum atomic E-state index is 12.4. The number of carbonyl (C=O) groups excluding carboxylic acids is 1. The fourth-order valence-corrected chi connectivity index (χ4v) is 3.09. The quantitative estimate of drug-likeness (QED) is 0.787. The van der Waals surface area contributed by atoms with E-state index in [1.807, 2.05) is 46.9 Å². The number of aryl methyl sites for hydroxylation is 2. The molecule has 1 amide bonds. The molecular formula is C15H19N5OS. The van der Waals surface area contributed by atoms with Crippen LogP contribution in [0.5, 0.6) is 0 Å². The number of rotatable bonds is 5. The summed E-state index contributed by atoms with van der Waals surface area (Å²) in [6, 6.07) is -0.145. The second kappa shape index (κ2) is 5.92. The Bertz CT molecular complexity index is 771. The molecule has 3 rings (SSSR count). The van der Waals surface area contributed by atoms with Crippen LogP contribution in [0.1, 0.15) is 48.1 Å². The van der Waals surface area contributed by atoms with Crippen LogP contribution in [0.15, 0.2) is 24.0 Å². The van der Waals surface area contributed by atoms with Crippen molar-refractivity contribution in [3.8, 4) is 0 Å². The molecule has 7 heteroatoms. The molecule has 116 valence electrons. The van der Waals surface area contributed by atoms with Crippen molar-refractivity contribution in [3.05, 3.63) is 40.9 Å². The molecule has 3 aromatic heterocycles. The third-order valence-corrected chi connectivity index (χ3v) is 4.32. The summed E-state index contributed by atoms with van der Waals surface area (Å²) in [6.07, 6.45) is 6.71. The third-order valence-electron chi connectivity index (χ3n) is 3.55. The number of nitrogens with zero attached hydrogens (tertiary/aromatic N) is 4. The molecule has 0 radical (unpaired) electrons. The molecule has 3 aromatic rings. The molecule has 0 aliphatic carbocycles. The van der Waals surface area contributed by atoms with Crippen molar-refractivity contribution in [2.45, 2.75) is 39.8 Å². The van der Waals surface area contributed by atoms with Gasteiger partial charge in [-0.2, -0.15) is 5.10 Å². The summed E-state index contributed by atoms with van der Waals surface area (Å²) >= 11 is 1.58.